The second-order valence-corrected chi connectivity index (χ2v) is 6.37. The Labute approximate surface area is 131 Å². The van der Waals surface area contributed by atoms with Crippen molar-refractivity contribution in [1.82, 2.24) is 15.1 Å². The molecule has 0 spiro atoms. The molecule has 5 heteroatoms. The lowest BCUT2D eigenvalue weighted by Crippen LogP contribution is -2.37. The van der Waals surface area contributed by atoms with E-state index in [-0.39, 0.29) is 18.1 Å². The lowest BCUT2D eigenvalue weighted by atomic mass is 10.1. The van der Waals surface area contributed by atoms with Gasteiger partial charge >= 0.3 is 0 Å². The zero-order chi connectivity index (χ0) is 15.4. The Balaban J connectivity index is 2.12. The number of likely N-dealkylation sites (N-methyl/N-ethyl adjacent to an activating group) is 1. The van der Waals surface area contributed by atoms with Crippen LogP contribution in [0.5, 0.6) is 0 Å². The van der Waals surface area contributed by atoms with Gasteiger partial charge in [0.1, 0.15) is 6.17 Å². The third-order valence-corrected chi connectivity index (χ3v) is 4.81. The Morgan fingerprint density at radius 3 is 2.57 bits per heavy atom. The van der Waals surface area contributed by atoms with Gasteiger partial charge in [0, 0.05) is 18.0 Å². The van der Waals surface area contributed by atoms with Crippen LogP contribution in [0, 0.1) is 0 Å². The van der Waals surface area contributed by atoms with Crippen molar-refractivity contribution in [1.29, 1.82) is 0 Å². The third-order valence-electron chi connectivity index (χ3n) is 4.07. The van der Waals surface area contributed by atoms with Gasteiger partial charge < -0.3 is 9.80 Å². The minimum atomic E-state index is -0.109. The van der Waals surface area contributed by atoms with Gasteiger partial charge in [-0.05, 0) is 44.5 Å². The molecule has 2 rings (SSSR count). The summed E-state index contributed by atoms with van der Waals surface area (Å²) in [5.74, 6) is 0.193. The highest BCUT2D eigenvalue weighted by Crippen LogP contribution is 2.26. The van der Waals surface area contributed by atoms with Gasteiger partial charge in [-0.3, -0.25) is 10.1 Å². The molecule has 1 N–H and O–H groups in total. The van der Waals surface area contributed by atoms with Crippen LogP contribution in [0.25, 0.3) is 0 Å². The fourth-order valence-corrected chi connectivity index (χ4v) is 2.92. The van der Waals surface area contributed by atoms with E-state index in [0.717, 1.165) is 25.2 Å². The summed E-state index contributed by atoms with van der Waals surface area (Å²) in [6.07, 6.45) is 2.06. The van der Waals surface area contributed by atoms with Gasteiger partial charge in [-0.15, -0.1) is 11.8 Å². The molecule has 1 fully saturated rings. The molecule has 0 aromatic heterocycles. The average Bonchev–Trinajstić information content (AvgIpc) is 2.80. The molecular weight excluding hydrogens is 282 g/mol. The summed E-state index contributed by atoms with van der Waals surface area (Å²) in [5, 5.41) is 3.40. The standard InChI is InChI=1S/C16H25N3OS/c1-5-18(3)10-11-19-15(17-12(2)16(19)20)13-6-8-14(21-4)9-7-13/h6-9,12,15,17H,5,10-11H2,1-4H3. The largest absolute Gasteiger partial charge is 0.320 e. The van der Waals surface area contributed by atoms with Crippen molar-refractivity contribution in [2.45, 2.75) is 31.0 Å². The van der Waals surface area contributed by atoms with E-state index in [1.54, 1.807) is 11.8 Å². The van der Waals surface area contributed by atoms with Crippen LogP contribution in [0.4, 0.5) is 0 Å². The van der Waals surface area contributed by atoms with Crippen LogP contribution in [0.2, 0.25) is 0 Å². The summed E-state index contributed by atoms with van der Waals surface area (Å²) >= 11 is 1.73. The first kappa shape index (κ1) is 16.3. The van der Waals surface area contributed by atoms with Gasteiger partial charge in [-0.2, -0.15) is 0 Å². The first-order valence-electron chi connectivity index (χ1n) is 7.45. The average molecular weight is 307 g/mol. The summed E-state index contributed by atoms with van der Waals surface area (Å²) in [6.45, 7) is 6.73. The maximum Gasteiger partial charge on any atom is 0.241 e. The molecule has 0 bridgehead atoms. The first-order chi connectivity index (χ1) is 10.1. The molecular formula is C16H25N3OS. The van der Waals surface area contributed by atoms with Crippen molar-refractivity contribution in [3.8, 4) is 0 Å². The van der Waals surface area contributed by atoms with Crippen molar-refractivity contribution in [3.63, 3.8) is 0 Å². The second kappa shape index (κ2) is 7.29. The molecule has 4 nitrogen and oxygen atoms in total. The van der Waals surface area contributed by atoms with Crippen molar-refractivity contribution in [2.24, 2.45) is 0 Å². The van der Waals surface area contributed by atoms with Gasteiger partial charge in [-0.1, -0.05) is 19.1 Å². The molecule has 1 aliphatic rings. The summed E-state index contributed by atoms with van der Waals surface area (Å²) in [7, 11) is 2.08. The Morgan fingerprint density at radius 1 is 1.33 bits per heavy atom. The third kappa shape index (κ3) is 3.78. The number of hydrogen-bond acceptors (Lipinski definition) is 4. The topological polar surface area (TPSA) is 35.6 Å². The predicted molar refractivity (Wildman–Crippen MR) is 88.4 cm³/mol. The fraction of sp³-hybridized carbons (Fsp3) is 0.562. The minimum Gasteiger partial charge on any atom is -0.320 e. The summed E-state index contributed by atoms with van der Waals surface area (Å²) in [6, 6.07) is 8.36. The van der Waals surface area contributed by atoms with E-state index in [2.05, 4.69) is 54.7 Å². The lowest BCUT2D eigenvalue weighted by molar-refractivity contribution is -0.130. The molecule has 21 heavy (non-hydrogen) atoms. The Kier molecular flexibility index (Phi) is 5.67. The molecule has 0 saturated carbocycles. The van der Waals surface area contributed by atoms with Gasteiger partial charge in [0.05, 0.1) is 6.04 Å². The number of rotatable bonds is 6. The lowest BCUT2D eigenvalue weighted by Gasteiger charge is -2.26. The van der Waals surface area contributed by atoms with Crippen molar-refractivity contribution >= 4 is 17.7 Å². The van der Waals surface area contributed by atoms with E-state index in [4.69, 9.17) is 0 Å². The molecule has 1 amide bonds. The predicted octanol–water partition coefficient (Wildman–Crippen LogP) is 2.18. The van der Waals surface area contributed by atoms with E-state index in [1.807, 2.05) is 11.8 Å². The van der Waals surface area contributed by atoms with E-state index in [0.29, 0.717) is 0 Å². The molecule has 1 saturated heterocycles. The van der Waals surface area contributed by atoms with Crippen molar-refractivity contribution in [3.05, 3.63) is 29.8 Å². The smallest absolute Gasteiger partial charge is 0.241 e. The monoisotopic (exact) mass is 307 g/mol. The van der Waals surface area contributed by atoms with Crippen LogP contribution in [0.1, 0.15) is 25.6 Å². The second-order valence-electron chi connectivity index (χ2n) is 5.49. The maximum atomic E-state index is 12.4. The minimum absolute atomic E-state index is 0.00587. The highest BCUT2D eigenvalue weighted by molar-refractivity contribution is 7.98. The molecule has 1 aliphatic heterocycles. The summed E-state index contributed by atoms with van der Waals surface area (Å²) in [4.78, 5) is 17.8. The number of carbonyl (C=O) groups excluding carboxylic acids is 1. The first-order valence-corrected chi connectivity index (χ1v) is 8.68. The summed E-state index contributed by atoms with van der Waals surface area (Å²) < 4.78 is 0. The quantitative estimate of drug-likeness (QED) is 0.817. The zero-order valence-corrected chi connectivity index (χ0v) is 14.1. The number of thioether (sulfide) groups is 1. The van der Waals surface area contributed by atoms with Gasteiger partial charge in [-0.25, -0.2) is 0 Å². The normalized spacial score (nSPS) is 22.3. The van der Waals surface area contributed by atoms with E-state index < -0.39 is 0 Å². The number of benzene rings is 1. The number of carbonyl (C=O) groups is 1. The Hall–Kier alpha value is -1.04. The van der Waals surface area contributed by atoms with Crippen LogP contribution in [-0.4, -0.2) is 54.7 Å². The van der Waals surface area contributed by atoms with Gasteiger partial charge in [0.25, 0.3) is 0 Å². The molecule has 0 aliphatic carbocycles. The van der Waals surface area contributed by atoms with Crippen LogP contribution >= 0.6 is 11.8 Å². The molecule has 1 aromatic rings. The number of amides is 1. The molecule has 1 aromatic carbocycles. The van der Waals surface area contributed by atoms with E-state index in [1.165, 1.54) is 4.90 Å². The maximum absolute atomic E-state index is 12.4. The van der Waals surface area contributed by atoms with Crippen LogP contribution in [0.3, 0.4) is 0 Å². The van der Waals surface area contributed by atoms with Crippen LogP contribution in [-0.2, 0) is 4.79 Å². The molecule has 1 heterocycles. The molecule has 2 atom stereocenters. The Bertz CT molecular complexity index is 477. The summed E-state index contributed by atoms with van der Waals surface area (Å²) in [5.41, 5.74) is 1.16. The van der Waals surface area contributed by atoms with Gasteiger partial charge in [0.15, 0.2) is 0 Å². The SMILES string of the molecule is CCN(C)CCN1C(=O)C(C)NC1c1ccc(SC)cc1. The highest BCUT2D eigenvalue weighted by Gasteiger charge is 2.36. The molecule has 116 valence electrons. The Morgan fingerprint density at radius 2 is 2.00 bits per heavy atom. The molecule has 0 radical (unpaired) electrons. The van der Waals surface area contributed by atoms with Crippen molar-refractivity contribution in [2.75, 3.05) is 32.9 Å². The van der Waals surface area contributed by atoms with E-state index >= 15 is 0 Å². The van der Waals surface area contributed by atoms with E-state index in [9.17, 15) is 4.79 Å². The zero-order valence-electron chi connectivity index (χ0n) is 13.3. The van der Waals surface area contributed by atoms with Crippen molar-refractivity contribution < 1.29 is 4.79 Å². The number of hydrogen-bond donors (Lipinski definition) is 1. The number of nitrogens with one attached hydrogen (secondary N) is 1. The van der Waals surface area contributed by atoms with Crippen LogP contribution < -0.4 is 5.32 Å². The number of nitrogens with zero attached hydrogens (tertiary/aromatic N) is 2. The van der Waals surface area contributed by atoms with Gasteiger partial charge in [0.2, 0.25) is 5.91 Å². The van der Waals surface area contributed by atoms with Crippen LogP contribution in [0.15, 0.2) is 29.2 Å². The highest BCUT2D eigenvalue weighted by atomic mass is 32.2. The fourth-order valence-electron chi connectivity index (χ4n) is 2.51. The molecule has 2 unspecified atom stereocenters.